The molecule has 0 aliphatic carbocycles. The summed E-state index contributed by atoms with van der Waals surface area (Å²) in [4.78, 5) is 17.5. The lowest BCUT2D eigenvalue weighted by Crippen LogP contribution is -2.46. The maximum absolute atomic E-state index is 11.4. The Labute approximate surface area is 111 Å². The van der Waals surface area contributed by atoms with Crippen molar-refractivity contribution in [3.63, 3.8) is 0 Å². The van der Waals surface area contributed by atoms with Gasteiger partial charge in [0.2, 0.25) is 0 Å². The maximum Gasteiger partial charge on any atom is 0.336 e. The summed E-state index contributed by atoms with van der Waals surface area (Å²) in [7, 11) is 1.37. The minimum atomic E-state index is -0.510. The van der Waals surface area contributed by atoms with Gasteiger partial charge in [0.25, 0.3) is 0 Å². The Morgan fingerprint density at radius 1 is 1.72 bits per heavy atom. The molecule has 1 atom stereocenters. The Morgan fingerprint density at radius 2 is 2.56 bits per heavy atom. The molecule has 2 heterocycles. The van der Waals surface area contributed by atoms with Crippen LogP contribution in [0, 0.1) is 0 Å². The molecule has 18 heavy (non-hydrogen) atoms. The molecule has 0 amide bonds. The van der Waals surface area contributed by atoms with Crippen molar-refractivity contribution in [1.29, 1.82) is 0 Å². The van der Waals surface area contributed by atoms with Crippen molar-refractivity contribution in [2.45, 2.75) is 12.6 Å². The van der Waals surface area contributed by atoms with Crippen molar-refractivity contribution < 1.29 is 14.3 Å². The quantitative estimate of drug-likeness (QED) is 0.770. The van der Waals surface area contributed by atoms with Crippen LogP contribution in [0.2, 0.25) is 5.02 Å². The lowest BCUT2D eigenvalue weighted by atomic mass is 10.2. The van der Waals surface area contributed by atoms with Crippen LogP contribution >= 0.6 is 11.6 Å². The Balaban J connectivity index is 1.98. The number of hydrogen-bond acceptors (Lipinski definition) is 5. The minimum absolute atomic E-state index is 0.333. The van der Waals surface area contributed by atoms with E-state index in [9.17, 15) is 4.79 Å². The van der Waals surface area contributed by atoms with E-state index in [0.717, 1.165) is 12.1 Å². The van der Waals surface area contributed by atoms with Crippen LogP contribution in [0.3, 0.4) is 0 Å². The average Bonchev–Trinajstić information content (AvgIpc) is 2.41. The van der Waals surface area contributed by atoms with Crippen LogP contribution in [0.15, 0.2) is 18.5 Å². The molecule has 0 radical (unpaired) electrons. The second-order valence-electron chi connectivity index (χ2n) is 4.08. The van der Waals surface area contributed by atoms with E-state index >= 15 is 0 Å². The van der Waals surface area contributed by atoms with E-state index in [1.54, 1.807) is 12.4 Å². The summed E-state index contributed by atoms with van der Waals surface area (Å²) in [6.07, 6.45) is 2.82. The van der Waals surface area contributed by atoms with E-state index in [0.29, 0.717) is 24.7 Å². The first-order valence-corrected chi connectivity index (χ1v) is 6.08. The summed E-state index contributed by atoms with van der Waals surface area (Å²) in [6.45, 7) is 2.48. The van der Waals surface area contributed by atoms with Gasteiger partial charge in [-0.05, 0) is 11.6 Å². The van der Waals surface area contributed by atoms with Gasteiger partial charge in [0, 0.05) is 32.0 Å². The Morgan fingerprint density at radius 3 is 3.28 bits per heavy atom. The zero-order valence-corrected chi connectivity index (χ0v) is 10.9. The van der Waals surface area contributed by atoms with E-state index in [4.69, 9.17) is 16.3 Å². The van der Waals surface area contributed by atoms with Crippen molar-refractivity contribution in [3.8, 4) is 0 Å². The average molecular weight is 271 g/mol. The third kappa shape index (κ3) is 3.19. The summed E-state index contributed by atoms with van der Waals surface area (Å²) >= 11 is 6.06. The normalized spacial score (nSPS) is 20.7. The second kappa shape index (κ2) is 6.13. The molecule has 1 aromatic heterocycles. The molecule has 1 fully saturated rings. The number of carbonyl (C=O) groups is 1. The van der Waals surface area contributed by atoms with E-state index in [-0.39, 0.29) is 5.97 Å². The molecule has 1 aliphatic heterocycles. The largest absolute Gasteiger partial charge is 0.467 e. The molecule has 98 valence electrons. The highest BCUT2D eigenvalue weighted by molar-refractivity contribution is 6.31. The van der Waals surface area contributed by atoms with Crippen molar-refractivity contribution >= 4 is 17.6 Å². The van der Waals surface area contributed by atoms with E-state index in [1.807, 2.05) is 6.07 Å². The summed E-state index contributed by atoms with van der Waals surface area (Å²) in [5.74, 6) is -0.333. The van der Waals surface area contributed by atoms with E-state index < -0.39 is 6.10 Å². The Bertz CT molecular complexity index is 428. The highest BCUT2D eigenvalue weighted by atomic mass is 35.5. The molecule has 0 spiro atoms. The first kappa shape index (κ1) is 13.3. The molecule has 0 unspecified atom stereocenters. The highest BCUT2D eigenvalue weighted by Gasteiger charge is 2.27. The number of ether oxygens (including phenoxy) is 2. The Kier molecular flexibility index (Phi) is 4.52. The molecular formula is C12H15ClN2O3. The van der Waals surface area contributed by atoms with Crippen LogP contribution < -0.4 is 0 Å². The molecule has 2 rings (SSSR count). The van der Waals surface area contributed by atoms with Gasteiger partial charge in [0.1, 0.15) is 0 Å². The first-order valence-electron chi connectivity index (χ1n) is 5.71. The number of hydrogen-bond donors (Lipinski definition) is 0. The number of rotatable bonds is 3. The Hall–Kier alpha value is -1.17. The van der Waals surface area contributed by atoms with Gasteiger partial charge in [-0.1, -0.05) is 11.6 Å². The number of pyridine rings is 1. The molecule has 0 bridgehead atoms. The fourth-order valence-electron chi connectivity index (χ4n) is 1.89. The standard InChI is InChI=1S/C12H15ClN2O3/c1-17-12(16)11-8-15(4-5-18-11)7-9-2-3-14-6-10(9)13/h2-3,6,11H,4-5,7-8H2,1H3/t11-/m1/s1. The smallest absolute Gasteiger partial charge is 0.336 e. The summed E-state index contributed by atoms with van der Waals surface area (Å²) < 4.78 is 10.1. The van der Waals surface area contributed by atoms with Crippen molar-refractivity contribution in [2.75, 3.05) is 26.8 Å². The molecular weight excluding hydrogens is 256 g/mol. The molecule has 1 aromatic rings. The molecule has 5 nitrogen and oxygen atoms in total. The fourth-order valence-corrected chi connectivity index (χ4v) is 2.07. The third-order valence-corrected chi connectivity index (χ3v) is 3.21. The lowest BCUT2D eigenvalue weighted by molar-refractivity contribution is -0.160. The number of halogens is 1. The van der Waals surface area contributed by atoms with Crippen LogP contribution in [0.4, 0.5) is 0 Å². The summed E-state index contributed by atoms with van der Waals surface area (Å²) in [6, 6.07) is 1.88. The van der Waals surface area contributed by atoms with Crippen LogP contribution in [0.25, 0.3) is 0 Å². The third-order valence-electron chi connectivity index (χ3n) is 2.87. The number of aromatic nitrogens is 1. The SMILES string of the molecule is COC(=O)[C@H]1CN(Cc2ccncc2Cl)CCO1. The van der Waals surface area contributed by atoms with Gasteiger partial charge >= 0.3 is 5.97 Å². The second-order valence-corrected chi connectivity index (χ2v) is 4.49. The number of carbonyl (C=O) groups excluding carboxylic acids is 1. The predicted octanol–water partition coefficient (Wildman–Crippen LogP) is 1.11. The van der Waals surface area contributed by atoms with Gasteiger partial charge in [-0.3, -0.25) is 9.88 Å². The van der Waals surface area contributed by atoms with E-state index in [2.05, 4.69) is 14.6 Å². The zero-order chi connectivity index (χ0) is 13.0. The van der Waals surface area contributed by atoms with Gasteiger partial charge in [-0.15, -0.1) is 0 Å². The molecule has 1 saturated heterocycles. The van der Waals surface area contributed by atoms with Crippen molar-refractivity contribution in [3.05, 3.63) is 29.0 Å². The van der Waals surface area contributed by atoms with Gasteiger partial charge in [0.15, 0.2) is 6.10 Å². The van der Waals surface area contributed by atoms with Crippen LogP contribution in [-0.4, -0.2) is 48.8 Å². The van der Waals surface area contributed by atoms with E-state index in [1.165, 1.54) is 7.11 Å². The molecule has 0 saturated carbocycles. The monoisotopic (exact) mass is 270 g/mol. The first-order chi connectivity index (χ1) is 8.70. The van der Waals surface area contributed by atoms with Gasteiger partial charge < -0.3 is 9.47 Å². The molecule has 1 aliphatic rings. The molecule has 0 N–H and O–H groups in total. The van der Waals surface area contributed by atoms with Crippen molar-refractivity contribution in [2.24, 2.45) is 0 Å². The van der Waals surface area contributed by atoms with Gasteiger partial charge in [0.05, 0.1) is 18.7 Å². The van der Waals surface area contributed by atoms with Crippen molar-refractivity contribution in [1.82, 2.24) is 9.88 Å². The molecule has 0 aromatic carbocycles. The highest BCUT2D eigenvalue weighted by Crippen LogP contribution is 2.17. The number of nitrogens with zero attached hydrogens (tertiary/aromatic N) is 2. The minimum Gasteiger partial charge on any atom is -0.467 e. The van der Waals surface area contributed by atoms with Crippen LogP contribution in [0.1, 0.15) is 5.56 Å². The zero-order valence-electron chi connectivity index (χ0n) is 10.1. The number of morpholine rings is 1. The van der Waals surface area contributed by atoms with Gasteiger partial charge in [-0.2, -0.15) is 0 Å². The topological polar surface area (TPSA) is 51.7 Å². The van der Waals surface area contributed by atoms with Crippen LogP contribution in [0.5, 0.6) is 0 Å². The number of methoxy groups -OCH3 is 1. The van der Waals surface area contributed by atoms with Crippen LogP contribution in [-0.2, 0) is 20.8 Å². The summed E-state index contributed by atoms with van der Waals surface area (Å²) in [5.41, 5.74) is 0.997. The number of esters is 1. The summed E-state index contributed by atoms with van der Waals surface area (Å²) in [5, 5.41) is 0.638. The van der Waals surface area contributed by atoms with Gasteiger partial charge in [-0.25, -0.2) is 4.79 Å². The predicted molar refractivity (Wildman–Crippen MR) is 66.3 cm³/mol. The lowest BCUT2D eigenvalue weighted by Gasteiger charge is -2.31. The fraction of sp³-hybridized carbons (Fsp3) is 0.500. The molecule has 6 heteroatoms. The maximum atomic E-state index is 11.4.